The summed E-state index contributed by atoms with van der Waals surface area (Å²) in [5, 5.41) is 3.38. The van der Waals surface area contributed by atoms with Gasteiger partial charge in [-0.1, -0.05) is 29.8 Å². The first-order valence-electron chi connectivity index (χ1n) is 9.60. The van der Waals surface area contributed by atoms with Crippen LogP contribution < -0.4 is 14.8 Å². The van der Waals surface area contributed by atoms with Gasteiger partial charge in [-0.25, -0.2) is 0 Å². The molecule has 3 rings (SSSR count). The second kappa shape index (κ2) is 10.5. The van der Waals surface area contributed by atoms with Crippen LogP contribution in [-0.4, -0.2) is 25.3 Å². The smallest absolute Gasteiger partial charge is 0.262 e. The molecule has 5 nitrogen and oxygen atoms in total. The number of ether oxygens (including phenoxy) is 2. The average molecular weight is 423 g/mol. The number of rotatable bonds is 8. The van der Waals surface area contributed by atoms with E-state index in [0.29, 0.717) is 23.1 Å². The number of aryl methyl sites for hydroxylation is 1. The van der Waals surface area contributed by atoms with Gasteiger partial charge in [0.05, 0.1) is 12.3 Å². The number of hydrogen-bond acceptors (Lipinski definition) is 4. The predicted octanol–water partition coefficient (Wildman–Crippen LogP) is 5.82. The van der Waals surface area contributed by atoms with Gasteiger partial charge in [0, 0.05) is 22.5 Å². The maximum absolute atomic E-state index is 12.2. The van der Waals surface area contributed by atoms with E-state index in [4.69, 9.17) is 21.1 Å². The van der Waals surface area contributed by atoms with Gasteiger partial charge < -0.3 is 14.8 Å². The lowest BCUT2D eigenvalue weighted by Gasteiger charge is -2.10. The van der Waals surface area contributed by atoms with E-state index in [1.165, 1.54) is 0 Å². The van der Waals surface area contributed by atoms with Crippen LogP contribution in [0.1, 0.15) is 18.1 Å². The van der Waals surface area contributed by atoms with Crippen molar-refractivity contribution >= 4 is 35.1 Å². The lowest BCUT2D eigenvalue weighted by atomic mass is 10.2. The number of nitrogens with zero attached hydrogens (tertiary/aromatic N) is 1. The molecule has 30 heavy (non-hydrogen) atoms. The number of carbonyl (C=O) groups is 1. The van der Waals surface area contributed by atoms with Crippen molar-refractivity contribution in [2.75, 3.05) is 18.5 Å². The Balaban J connectivity index is 1.61. The standard InChI is InChI=1S/C24H23ClN2O3/c1-3-29-21-12-10-19(11-13-21)26-15-18-6-4-5-7-23(18)30-16-24(28)27-20-9-8-17(2)22(25)14-20/h4-15H,3,16H2,1-2H3,(H,27,28). The minimum absolute atomic E-state index is 0.126. The van der Waals surface area contributed by atoms with Crippen molar-refractivity contribution in [1.29, 1.82) is 0 Å². The maximum atomic E-state index is 12.2. The predicted molar refractivity (Wildman–Crippen MR) is 122 cm³/mol. The van der Waals surface area contributed by atoms with E-state index in [2.05, 4.69) is 10.3 Å². The maximum Gasteiger partial charge on any atom is 0.262 e. The van der Waals surface area contributed by atoms with Gasteiger partial charge in [-0.05, 0) is 67.9 Å². The van der Waals surface area contributed by atoms with Crippen LogP contribution >= 0.6 is 11.6 Å². The molecule has 3 aromatic rings. The van der Waals surface area contributed by atoms with Gasteiger partial charge in [0.25, 0.3) is 5.91 Å². The fourth-order valence-electron chi connectivity index (χ4n) is 2.67. The Bertz CT molecular complexity index is 1030. The van der Waals surface area contributed by atoms with Crippen molar-refractivity contribution in [2.45, 2.75) is 13.8 Å². The van der Waals surface area contributed by atoms with Gasteiger partial charge in [0.2, 0.25) is 0 Å². The monoisotopic (exact) mass is 422 g/mol. The highest BCUT2D eigenvalue weighted by molar-refractivity contribution is 6.31. The number of nitrogens with one attached hydrogen (secondary N) is 1. The first-order chi connectivity index (χ1) is 14.5. The lowest BCUT2D eigenvalue weighted by Crippen LogP contribution is -2.20. The number of hydrogen-bond donors (Lipinski definition) is 1. The van der Waals surface area contributed by atoms with E-state index in [9.17, 15) is 4.79 Å². The number of benzene rings is 3. The van der Waals surface area contributed by atoms with Crippen LogP contribution in [-0.2, 0) is 4.79 Å². The van der Waals surface area contributed by atoms with Gasteiger partial charge in [0.1, 0.15) is 11.5 Å². The van der Waals surface area contributed by atoms with E-state index < -0.39 is 0 Å². The molecule has 0 saturated heterocycles. The minimum atomic E-state index is -0.270. The van der Waals surface area contributed by atoms with Gasteiger partial charge in [-0.2, -0.15) is 0 Å². The molecule has 1 amide bonds. The molecule has 0 aliphatic heterocycles. The summed E-state index contributed by atoms with van der Waals surface area (Å²) in [5.74, 6) is 1.11. The molecule has 0 aliphatic rings. The van der Waals surface area contributed by atoms with E-state index >= 15 is 0 Å². The third-order valence-corrected chi connectivity index (χ3v) is 4.64. The van der Waals surface area contributed by atoms with E-state index in [1.54, 1.807) is 24.4 Å². The molecular weight excluding hydrogens is 400 g/mol. The van der Waals surface area contributed by atoms with E-state index in [1.807, 2.05) is 62.4 Å². The molecule has 0 heterocycles. The summed E-state index contributed by atoms with van der Waals surface area (Å²) in [7, 11) is 0. The first-order valence-corrected chi connectivity index (χ1v) is 9.97. The molecule has 3 aromatic carbocycles. The Labute approximate surface area is 181 Å². The summed E-state index contributed by atoms with van der Waals surface area (Å²) in [4.78, 5) is 16.7. The van der Waals surface area contributed by atoms with Gasteiger partial charge >= 0.3 is 0 Å². The normalized spacial score (nSPS) is 10.8. The molecule has 154 valence electrons. The van der Waals surface area contributed by atoms with Crippen LogP contribution in [0.4, 0.5) is 11.4 Å². The highest BCUT2D eigenvalue weighted by Gasteiger charge is 2.07. The number of carbonyl (C=O) groups excluding carboxylic acids is 1. The summed E-state index contributed by atoms with van der Waals surface area (Å²) in [6, 6.07) is 20.3. The summed E-state index contributed by atoms with van der Waals surface area (Å²) in [6.07, 6.45) is 1.71. The highest BCUT2D eigenvalue weighted by atomic mass is 35.5. The molecule has 0 spiro atoms. The Hall–Kier alpha value is -3.31. The van der Waals surface area contributed by atoms with E-state index in [-0.39, 0.29) is 12.5 Å². The minimum Gasteiger partial charge on any atom is -0.494 e. The van der Waals surface area contributed by atoms with Crippen molar-refractivity contribution in [1.82, 2.24) is 0 Å². The molecule has 6 heteroatoms. The molecule has 0 unspecified atom stereocenters. The molecule has 0 saturated carbocycles. The summed E-state index contributed by atoms with van der Waals surface area (Å²) >= 11 is 6.10. The number of aliphatic imine (C=N–C) groups is 1. The van der Waals surface area contributed by atoms with Gasteiger partial charge in [0.15, 0.2) is 6.61 Å². The number of anilines is 1. The van der Waals surface area contributed by atoms with Crippen LogP contribution in [0.5, 0.6) is 11.5 Å². The molecule has 0 aliphatic carbocycles. The Morgan fingerprint density at radius 3 is 2.57 bits per heavy atom. The van der Waals surface area contributed by atoms with Crippen molar-refractivity contribution in [3.05, 3.63) is 82.9 Å². The average Bonchev–Trinajstić information content (AvgIpc) is 2.75. The lowest BCUT2D eigenvalue weighted by molar-refractivity contribution is -0.118. The van der Waals surface area contributed by atoms with Crippen LogP contribution in [0.3, 0.4) is 0 Å². The second-order valence-corrected chi connectivity index (χ2v) is 6.93. The largest absolute Gasteiger partial charge is 0.494 e. The zero-order chi connectivity index (χ0) is 21.3. The molecule has 0 bridgehead atoms. The SMILES string of the molecule is CCOc1ccc(N=Cc2ccccc2OCC(=O)Nc2ccc(C)c(Cl)c2)cc1. The number of halogens is 1. The van der Waals surface area contributed by atoms with Crippen molar-refractivity contribution in [2.24, 2.45) is 4.99 Å². The molecular formula is C24H23ClN2O3. The number of para-hydroxylation sites is 1. The van der Waals surface area contributed by atoms with Crippen LogP contribution in [0, 0.1) is 6.92 Å². The molecule has 0 atom stereocenters. The van der Waals surface area contributed by atoms with Crippen molar-refractivity contribution < 1.29 is 14.3 Å². The van der Waals surface area contributed by atoms with Crippen LogP contribution in [0.2, 0.25) is 5.02 Å². The highest BCUT2D eigenvalue weighted by Crippen LogP contribution is 2.22. The number of amides is 1. The fourth-order valence-corrected chi connectivity index (χ4v) is 2.85. The molecule has 0 fully saturated rings. The third kappa shape index (κ3) is 6.09. The second-order valence-electron chi connectivity index (χ2n) is 6.52. The van der Waals surface area contributed by atoms with Crippen LogP contribution in [0.25, 0.3) is 0 Å². The van der Waals surface area contributed by atoms with Crippen molar-refractivity contribution in [3.8, 4) is 11.5 Å². The van der Waals surface area contributed by atoms with Crippen molar-refractivity contribution in [3.63, 3.8) is 0 Å². The summed E-state index contributed by atoms with van der Waals surface area (Å²) in [6.45, 7) is 4.35. The quantitative estimate of drug-likeness (QED) is 0.465. The van der Waals surface area contributed by atoms with Gasteiger partial charge in [-0.15, -0.1) is 0 Å². The molecule has 1 N–H and O–H groups in total. The summed E-state index contributed by atoms with van der Waals surface area (Å²) < 4.78 is 11.1. The van der Waals surface area contributed by atoms with Gasteiger partial charge in [-0.3, -0.25) is 9.79 Å². The zero-order valence-electron chi connectivity index (χ0n) is 16.9. The Morgan fingerprint density at radius 1 is 1.07 bits per heavy atom. The Morgan fingerprint density at radius 2 is 1.83 bits per heavy atom. The first kappa shape index (κ1) is 21.4. The molecule has 0 radical (unpaired) electrons. The van der Waals surface area contributed by atoms with Crippen LogP contribution in [0.15, 0.2) is 71.7 Å². The summed E-state index contributed by atoms with van der Waals surface area (Å²) in [5.41, 5.74) is 3.15. The third-order valence-electron chi connectivity index (χ3n) is 4.23. The Kier molecular flexibility index (Phi) is 7.46. The fraction of sp³-hybridized carbons (Fsp3) is 0.167. The zero-order valence-corrected chi connectivity index (χ0v) is 17.6. The topological polar surface area (TPSA) is 59.9 Å². The van der Waals surface area contributed by atoms with E-state index in [0.717, 1.165) is 22.6 Å². The molecule has 0 aromatic heterocycles.